The first-order chi connectivity index (χ1) is 13.9. The Balaban J connectivity index is 1.44. The summed E-state index contributed by atoms with van der Waals surface area (Å²) < 4.78 is 40.8. The van der Waals surface area contributed by atoms with Crippen molar-refractivity contribution in [2.45, 2.75) is 31.6 Å². The second kappa shape index (κ2) is 8.08. The Hall–Kier alpha value is -2.51. The van der Waals surface area contributed by atoms with E-state index in [1.807, 2.05) is 43.3 Å². The number of aromatic nitrogens is 1. The van der Waals surface area contributed by atoms with Gasteiger partial charge in [-0.3, -0.25) is 4.98 Å². The summed E-state index contributed by atoms with van der Waals surface area (Å²) in [6, 6.07) is 15.9. The molecule has 4 rings (SSSR count). The summed E-state index contributed by atoms with van der Waals surface area (Å²) >= 11 is 0. The van der Waals surface area contributed by atoms with Crippen LogP contribution in [0.1, 0.15) is 24.1 Å². The zero-order chi connectivity index (χ0) is 20.4. The molecule has 1 aliphatic rings. The molecule has 0 aliphatic carbocycles. The topological polar surface area (TPSA) is 62.3 Å². The van der Waals surface area contributed by atoms with Crippen LogP contribution >= 0.6 is 0 Å². The molecule has 0 unspecified atom stereocenters. The van der Waals surface area contributed by atoms with E-state index in [1.165, 1.54) is 12.1 Å². The van der Waals surface area contributed by atoms with Crippen molar-refractivity contribution in [3.05, 3.63) is 71.7 Å². The van der Waals surface area contributed by atoms with Crippen LogP contribution in [0.25, 0.3) is 10.9 Å². The SMILES string of the molecule is Cc1cc(NC2CCN(S(=O)(=O)Cc3ccccc3)CC2)c2cc(F)ccc2n1. The first-order valence-electron chi connectivity index (χ1n) is 9.76. The normalized spacial score (nSPS) is 16.2. The van der Waals surface area contributed by atoms with Gasteiger partial charge in [-0.15, -0.1) is 0 Å². The minimum absolute atomic E-state index is 0.0272. The highest BCUT2D eigenvalue weighted by Crippen LogP contribution is 2.27. The van der Waals surface area contributed by atoms with E-state index in [4.69, 9.17) is 0 Å². The molecule has 0 spiro atoms. The first kappa shape index (κ1) is 19.8. The number of halogens is 1. The maximum Gasteiger partial charge on any atom is 0.218 e. The average molecular weight is 414 g/mol. The number of fused-ring (bicyclic) bond motifs is 1. The number of aryl methyl sites for hydroxylation is 1. The van der Waals surface area contributed by atoms with Gasteiger partial charge in [-0.2, -0.15) is 0 Å². The predicted molar refractivity (Wildman–Crippen MR) is 114 cm³/mol. The molecule has 1 aromatic heterocycles. The summed E-state index contributed by atoms with van der Waals surface area (Å²) in [5, 5.41) is 4.23. The largest absolute Gasteiger partial charge is 0.382 e. The van der Waals surface area contributed by atoms with E-state index >= 15 is 0 Å². The summed E-state index contributed by atoms with van der Waals surface area (Å²) in [4.78, 5) is 4.46. The van der Waals surface area contributed by atoms with E-state index in [1.54, 1.807) is 10.4 Å². The summed E-state index contributed by atoms with van der Waals surface area (Å²) in [5.74, 6) is -0.271. The maximum absolute atomic E-state index is 13.7. The second-order valence-electron chi connectivity index (χ2n) is 7.53. The smallest absolute Gasteiger partial charge is 0.218 e. The minimum atomic E-state index is -3.33. The molecule has 1 fully saturated rings. The second-order valence-corrected chi connectivity index (χ2v) is 9.50. The molecule has 1 aliphatic heterocycles. The van der Waals surface area contributed by atoms with Gasteiger partial charge in [0, 0.05) is 35.9 Å². The molecule has 5 nitrogen and oxygen atoms in total. The van der Waals surface area contributed by atoms with E-state index in [2.05, 4.69) is 10.3 Å². The fraction of sp³-hybridized carbons (Fsp3) is 0.318. The van der Waals surface area contributed by atoms with Crippen LogP contribution in [0.2, 0.25) is 0 Å². The Morgan fingerprint density at radius 2 is 1.83 bits per heavy atom. The molecule has 1 saturated heterocycles. The van der Waals surface area contributed by atoms with Crippen molar-refractivity contribution in [2.75, 3.05) is 18.4 Å². The third-order valence-electron chi connectivity index (χ3n) is 5.30. The number of hydrogen-bond donors (Lipinski definition) is 1. The Morgan fingerprint density at radius 1 is 1.10 bits per heavy atom. The van der Waals surface area contributed by atoms with Crippen LogP contribution in [0.4, 0.5) is 10.1 Å². The van der Waals surface area contributed by atoms with Crippen molar-refractivity contribution in [2.24, 2.45) is 0 Å². The monoisotopic (exact) mass is 413 g/mol. The lowest BCUT2D eigenvalue weighted by atomic mass is 10.1. The van der Waals surface area contributed by atoms with Crippen LogP contribution in [0.3, 0.4) is 0 Å². The first-order valence-corrected chi connectivity index (χ1v) is 11.4. The molecule has 7 heteroatoms. The van der Waals surface area contributed by atoms with Crippen molar-refractivity contribution in [1.29, 1.82) is 0 Å². The van der Waals surface area contributed by atoms with Crippen molar-refractivity contribution in [3.63, 3.8) is 0 Å². The van der Waals surface area contributed by atoms with E-state index in [0.29, 0.717) is 25.9 Å². The molecular formula is C22H24FN3O2S. The van der Waals surface area contributed by atoms with Gasteiger partial charge in [0.1, 0.15) is 5.82 Å². The average Bonchev–Trinajstić information content (AvgIpc) is 2.69. The van der Waals surface area contributed by atoms with E-state index in [-0.39, 0.29) is 17.6 Å². The number of anilines is 1. The third-order valence-corrected chi connectivity index (χ3v) is 7.15. The van der Waals surface area contributed by atoms with Gasteiger partial charge >= 0.3 is 0 Å². The number of rotatable bonds is 5. The maximum atomic E-state index is 13.7. The van der Waals surface area contributed by atoms with Gasteiger partial charge in [-0.05, 0) is 49.6 Å². The lowest BCUT2D eigenvalue weighted by molar-refractivity contribution is 0.329. The van der Waals surface area contributed by atoms with Gasteiger partial charge in [0.25, 0.3) is 0 Å². The van der Waals surface area contributed by atoms with Gasteiger partial charge < -0.3 is 5.32 Å². The van der Waals surface area contributed by atoms with Gasteiger partial charge in [0.15, 0.2) is 0 Å². The standard InChI is InChI=1S/C22H24FN3O2S/c1-16-13-22(20-14-18(23)7-8-21(20)24-16)25-19-9-11-26(12-10-19)29(27,28)15-17-5-3-2-4-6-17/h2-8,13-14,19H,9-12,15H2,1H3,(H,24,25). The zero-order valence-corrected chi connectivity index (χ0v) is 17.1. The van der Waals surface area contributed by atoms with Crippen LogP contribution in [-0.4, -0.2) is 36.8 Å². The number of hydrogen-bond acceptors (Lipinski definition) is 4. The van der Waals surface area contributed by atoms with Crippen LogP contribution in [0.5, 0.6) is 0 Å². The van der Waals surface area contributed by atoms with Crippen LogP contribution in [0.15, 0.2) is 54.6 Å². The fourth-order valence-corrected chi connectivity index (χ4v) is 5.39. The summed E-state index contributed by atoms with van der Waals surface area (Å²) in [5.41, 5.74) is 3.25. The Bertz CT molecular complexity index is 1110. The molecule has 152 valence electrons. The van der Waals surface area contributed by atoms with Gasteiger partial charge in [-0.1, -0.05) is 30.3 Å². The minimum Gasteiger partial charge on any atom is -0.382 e. The summed E-state index contributed by atoms with van der Waals surface area (Å²) in [6.07, 6.45) is 1.40. The van der Waals surface area contributed by atoms with Gasteiger partial charge in [0.05, 0.1) is 11.3 Å². The summed E-state index contributed by atoms with van der Waals surface area (Å²) in [7, 11) is -3.33. The van der Waals surface area contributed by atoms with Crippen molar-refractivity contribution < 1.29 is 12.8 Å². The molecule has 2 aromatic carbocycles. The van der Waals surface area contributed by atoms with Crippen LogP contribution in [0, 0.1) is 12.7 Å². The van der Waals surface area contributed by atoms with Crippen molar-refractivity contribution in [1.82, 2.24) is 9.29 Å². The quantitative estimate of drug-likeness (QED) is 0.684. The van der Waals surface area contributed by atoms with E-state index in [9.17, 15) is 12.8 Å². The molecule has 0 amide bonds. The molecule has 1 N–H and O–H groups in total. The Morgan fingerprint density at radius 3 is 2.55 bits per heavy atom. The predicted octanol–water partition coefficient (Wildman–Crippen LogP) is 4.09. The lowest BCUT2D eigenvalue weighted by Gasteiger charge is -2.32. The third kappa shape index (κ3) is 4.57. The van der Waals surface area contributed by atoms with Crippen molar-refractivity contribution in [3.8, 4) is 0 Å². The molecule has 0 saturated carbocycles. The Labute approximate surface area is 170 Å². The highest BCUT2D eigenvalue weighted by molar-refractivity contribution is 7.88. The molecular weight excluding hydrogens is 389 g/mol. The van der Waals surface area contributed by atoms with E-state index < -0.39 is 10.0 Å². The molecule has 0 bridgehead atoms. The molecule has 0 atom stereocenters. The molecule has 0 radical (unpaired) electrons. The molecule has 3 aromatic rings. The number of nitrogens with zero attached hydrogens (tertiary/aromatic N) is 2. The number of piperidine rings is 1. The molecule has 2 heterocycles. The highest BCUT2D eigenvalue weighted by atomic mass is 32.2. The van der Waals surface area contributed by atoms with Gasteiger partial charge in [0.2, 0.25) is 10.0 Å². The Kier molecular flexibility index (Phi) is 5.52. The number of pyridine rings is 1. The van der Waals surface area contributed by atoms with Crippen LogP contribution in [-0.2, 0) is 15.8 Å². The molecule has 29 heavy (non-hydrogen) atoms. The number of nitrogens with one attached hydrogen (secondary N) is 1. The van der Waals surface area contributed by atoms with Crippen molar-refractivity contribution >= 4 is 26.6 Å². The fourth-order valence-electron chi connectivity index (χ4n) is 3.82. The van der Waals surface area contributed by atoms with Crippen LogP contribution < -0.4 is 5.32 Å². The number of sulfonamides is 1. The number of benzene rings is 2. The van der Waals surface area contributed by atoms with E-state index in [0.717, 1.165) is 27.8 Å². The van der Waals surface area contributed by atoms with Gasteiger partial charge in [-0.25, -0.2) is 17.1 Å². The lowest BCUT2D eigenvalue weighted by Crippen LogP contribution is -2.42. The zero-order valence-electron chi connectivity index (χ0n) is 16.3. The highest BCUT2D eigenvalue weighted by Gasteiger charge is 2.28. The summed E-state index contributed by atoms with van der Waals surface area (Å²) in [6.45, 7) is 2.86.